The minimum atomic E-state index is -0.571. The van der Waals surface area contributed by atoms with Gasteiger partial charge in [0.1, 0.15) is 0 Å². The van der Waals surface area contributed by atoms with Gasteiger partial charge in [0.25, 0.3) is 0 Å². The zero-order chi connectivity index (χ0) is 11.6. The van der Waals surface area contributed by atoms with Crippen molar-refractivity contribution in [3.63, 3.8) is 0 Å². The lowest BCUT2D eigenvalue weighted by atomic mass is 9.74. The summed E-state index contributed by atoms with van der Waals surface area (Å²) in [5.74, 6) is 0. The molecule has 2 fully saturated rings. The molecule has 2 rings (SSSR count). The highest BCUT2D eigenvalue weighted by molar-refractivity contribution is 4.91. The van der Waals surface area contributed by atoms with Crippen LogP contribution in [-0.4, -0.2) is 53.5 Å². The number of hydrogen-bond donors (Lipinski definition) is 3. The van der Waals surface area contributed by atoms with Crippen LogP contribution in [0.2, 0.25) is 0 Å². The number of aliphatic hydroxyl groups excluding tert-OH is 2. The highest BCUT2D eigenvalue weighted by Crippen LogP contribution is 2.36. The molecule has 1 heterocycles. The van der Waals surface area contributed by atoms with Gasteiger partial charge in [0.05, 0.1) is 12.2 Å². The van der Waals surface area contributed by atoms with Gasteiger partial charge >= 0.3 is 0 Å². The summed E-state index contributed by atoms with van der Waals surface area (Å²) in [5, 5.41) is 19.1. The quantitative estimate of drug-likeness (QED) is 0.632. The first kappa shape index (κ1) is 12.3. The number of nitrogens with two attached hydrogens (primary N) is 1. The van der Waals surface area contributed by atoms with Crippen LogP contribution in [0.3, 0.4) is 0 Å². The fourth-order valence-electron chi connectivity index (χ4n) is 3.18. The van der Waals surface area contributed by atoms with Crippen LogP contribution in [0.25, 0.3) is 0 Å². The van der Waals surface area contributed by atoms with Gasteiger partial charge in [0.2, 0.25) is 0 Å². The van der Waals surface area contributed by atoms with Crippen LogP contribution in [0.15, 0.2) is 0 Å². The lowest BCUT2D eigenvalue weighted by Gasteiger charge is -2.39. The molecule has 1 saturated heterocycles. The van der Waals surface area contributed by atoms with Crippen molar-refractivity contribution in [3.05, 3.63) is 0 Å². The van der Waals surface area contributed by atoms with Gasteiger partial charge in [-0.2, -0.15) is 0 Å². The topological polar surface area (TPSA) is 69.7 Å². The first-order chi connectivity index (χ1) is 7.65. The molecule has 1 saturated carbocycles. The van der Waals surface area contributed by atoms with Crippen molar-refractivity contribution in [2.45, 2.75) is 44.3 Å². The van der Waals surface area contributed by atoms with Crippen molar-refractivity contribution >= 4 is 0 Å². The minimum Gasteiger partial charge on any atom is -0.389 e. The fraction of sp³-hybridized carbons (Fsp3) is 1.00. The van der Waals surface area contributed by atoms with E-state index < -0.39 is 12.2 Å². The molecule has 0 aromatic rings. The maximum Gasteiger partial charge on any atom is 0.0938 e. The van der Waals surface area contributed by atoms with Gasteiger partial charge in [0, 0.05) is 19.6 Å². The first-order valence-electron chi connectivity index (χ1n) is 6.44. The molecule has 2 aliphatic rings. The fourth-order valence-corrected chi connectivity index (χ4v) is 3.18. The zero-order valence-corrected chi connectivity index (χ0v) is 9.94. The SMILES string of the molecule is NCC1(CN2CC(O)C(O)C2)CCCCC1. The maximum absolute atomic E-state index is 9.53. The highest BCUT2D eigenvalue weighted by atomic mass is 16.3. The summed E-state index contributed by atoms with van der Waals surface area (Å²) in [6.45, 7) is 2.87. The van der Waals surface area contributed by atoms with Crippen molar-refractivity contribution < 1.29 is 10.2 Å². The van der Waals surface area contributed by atoms with Crippen LogP contribution < -0.4 is 5.73 Å². The normalized spacial score (nSPS) is 35.4. The Bertz CT molecular complexity index is 219. The Morgan fingerprint density at radius 2 is 1.62 bits per heavy atom. The van der Waals surface area contributed by atoms with Gasteiger partial charge in [-0.25, -0.2) is 0 Å². The Labute approximate surface area is 97.4 Å². The van der Waals surface area contributed by atoms with E-state index in [9.17, 15) is 10.2 Å². The molecule has 0 spiro atoms. The van der Waals surface area contributed by atoms with E-state index in [0.717, 1.165) is 13.1 Å². The average Bonchev–Trinajstić information content (AvgIpc) is 2.59. The number of hydrogen-bond acceptors (Lipinski definition) is 4. The monoisotopic (exact) mass is 228 g/mol. The van der Waals surface area contributed by atoms with Crippen LogP contribution in [-0.2, 0) is 0 Å². The van der Waals surface area contributed by atoms with Crippen LogP contribution in [0, 0.1) is 5.41 Å². The summed E-state index contributed by atoms with van der Waals surface area (Å²) in [5.41, 5.74) is 6.17. The molecule has 0 radical (unpaired) electrons. The Morgan fingerprint density at radius 1 is 1.06 bits per heavy atom. The molecule has 1 aliphatic heterocycles. The molecule has 2 unspecified atom stereocenters. The molecule has 0 aromatic carbocycles. The van der Waals surface area contributed by atoms with Crippen molar-refractivity contribution in [2.75, 3.05) is 26.2 Å². The van der Waals surface area contributed by atoms with E-state index >= 15 is 0 Å². The maximum atomic E-state index is 9.53. The molecule has 4 nitrogen and oxygen atoms in total. The molecule has 16 heavy (non-hydrogen) atoms. The van der Waals surface area contributed by atoms with E-state index in [2.05, 4.69) is 4.90 Å². The smallest absolute Gasteiger partial charge is 0.0938 e. The molecular formula is C12H24N2O2. The third-order valence-corrected chi connectivity index (χ3v) is 4.24. The molecule has 4 heteroatoms. The number of β-amino-alcohol motifs (C(OH)–C–C–N with tert-alkyl or cyclic N) is 2. The third-order valence-electron chi connectivity index (χ3n) is 4.24. The van der Waals surface area contributed by atoms with Gasteiger partial charge in [-0.15, -0.1) is 0 Å². The summed E-state index contributed by atoms with van der Waals surface area (Å²) >= 11 is 0. The van der Waals surface area contributed by atoms with Crippen LogP contribution >= 0.6 is 0 Å². The minimum absolute atomic E-state index is 0.238. The largest absolute Gasteiger partial charge is 0.389 e. The van der Waals surface area contributed by atoms with Crippen LogP contribution in [0.1, 0.15) is 32.1 Å². The summed E-state index contributed by atoms with van der Waals surface area (Å²) in [4.78, 5) is 2.17. The van der Waals surface area contributed by atoms with E-state index in [1.807, 2.05) is 0 Å². The van der Waals surface area contributed by atoms with E-state index in [1.165, 1.54) is 32.1 Å². The standard InChI is InChI=1S/C12H24N2O2/c13-8-12(4-2-1-3-5-12)9-14-6-10(15)11(16)7-14/h10-11,15-16H,1-9,13H2. The Kier molecular flexibility index (Phi) is 3.85. The van der Waals surface area contributed by atoms with Gasteiger partial charge in [-0.3, -0.25) is 4.90 Å². The second-order valence-electron chi connectivity index (χ2n) is 5.59. The summed E-state index contributed by atoms with van der Waals surface area (Å²) in [7, 11) is 0. The second-order valence-corrected chi connectivity index (χ2v) is 5.59. The molecule has 4 N–H and O–H groups in total. The second kappa shape index (κ2) is 5.00. The van der Waals surface area contributed by atoms with E-state index in [1.54, 1.807) is 0 Å². The zero-order valence-electron chi connectivity index (χ0n) is 9.94. The molecule has 1 aliphatic carbocycles. The van der Waals surface area contributed by atoms with Crippen molar-refractivity contribution in [1.82, 2.24) is 4.90 Å². The lowest BCUT2D eigenvalue weighted by Crippen LogP contribution is -2.43. The Hall–Kier alpha value is -0.160. The van der Waals surface area contributed by atoms with Gasteiger partial charge < -0.3 is 15.9 Å². The molecule has 0 bridgehead atoms. The number of aliphatic hydroxyl groups is 2. The molecule has 0 amide bonds. The highest BCUT2D eigenvalue weighted by Gasteiger charge is 2.37. The van der Waals surface area contributed by atoms with Gasteiger partial charge in [-0.1, -0.05) is 19.3 Å². The summed E-state index contributed by atoms with van der Waals surface area (Å²) in [6.07, 6.45) is 5.13. The van der Waals surface area contributed by atoms with Crippen molar-refractivity contribution in [1.29, 1.82) is 0 Å². The van der Waals surface area contributed by atoms with E-state index in [4.69, 9.17) is 5.73 Å². The van der Waals surface area contributed by atoms with E-state index in [0.29, 0.717) is 13.1 Å². The Balaban J connectivity index is 1.91. The predicted octanol–water partition coefficient (Wildman–Crippen LogP) is -0.0670. The molecule has 0 aromatic heterocycles. The third kappa shape index (κ3) is 2.56. The Morgan fingerprint density at radius 3 is 2.12 bits per heavy atom. The average molecular weight is 228 g/mol. The molecule has 94 valence electrons. The van der Waals surface area contributed by atoms with Gasteiger partial charge in [-0.05, 0) is 24.8 Å². The molecular weight excluding hydrogens is 204 g/mol. The lowest BCUT2D eigenvalue weighted by molar-refractivity contribution is 0.0572. The number of rotatable bonds is 3. The number of nitrogens with zero attached hydrogens (tertiary/aromatic N) is 1. The predicted molar refractivity (Wildman–Crippen MR) is 63.0 cm³/mol. The summed E-state index contributed by atoms with van der Waals surface area (Å²) in [6, 6.07) is 0. The first-order valence-corrected chi connectivity index (χ1v) is 6.44. The summed E-state index contributed by atoms with van der Waals surface area (Å²) < 4.78 is 0. The van der Waals surface area contributed by atoms with Crippen LogP contribution in [0.4, 0.5) is 0 Å². The van der Waals surface area contributed by atoms with E-state index in [-0.39, 0.29) is 5.41 Å². The van der Waals surface area contributed by atoms with Crippen molar-refractivity contribution in [3.8, 4) is 0 Å². The van der Waals surface area contributed by atoms with Gasteiger partial charge in [0.15, 0.2) is 0 Å². The van der Waals surface area contributed by atoms with Crippen LogP contribution in [0.5, 0.6) is 0 Å². The van der Waals surface area contributed by atoms with Crippen molar-refractivity contribution in [2.24, 2.45) is 11.1 Å². The molecule has 2 atom stereocenters. The number of likely N-dealkylation sites (tertiary alicyclic amines) is 1.